The van der Waals surface area contributed by atoms with E-state index in [-0.39, 0.29) is 5.91 Å². The summed E-state index contributed by atoms with van der Waals surface area (Å²) in [5.74, 6) is 2.66. The minimum atomic E-state index is 0.231. The van der Waals surface area contributed by atoms with Crippen molar-refractivity contribution in [1.29, 1.82) is 0 Å². The van der Waals surface area contributed by atoms with Gasteiger partial charge in [-0.1, -0.05) is 27.7 Å². The molecule has 0 bridgehead atoms. The van der Waals surface area contributed by atoms with Gasteiger partial charge >= 0.3 is 0 Å². The summed E-state index contributed by atoms with van der Waals surface area (Å²) < 4.78 is 0. The maximum Gasteiger partial charge on any atom is 0.219 e. The van der Waals surface area contributed by atoms with E-state index in [0.717, 1.165) is 24.9 Å². The van der Waals surface area contributed by atoms with Gasteiger partial charge in [0.1, 0.15) is 0 Å². The molecule has 0 radical (unpaired) electrons. The smallest absolute Gasteiger partial charge is 0.219 e. The molecule has 1 amide bonds. The first-order chi connectivity index (χ1) is 9.29. The molecule has 2 aliphatic heterocycles. The molecule has 0 unspecified atom stereocenters. The summed E-state index contributed by atoms with van der Waals surface area (Å²) in [5, 5.41) is 0. The highest BCUT2D eigenvalue weighted by atomic mass is 16.2. The molecule has 0 saturated carbocycles. The lowest BCUT2D eigenvalue weighted by Crippen LogP contribution is -2.57. The molecular formula is C17H32N2O. The first kappa shape index (κ1) is 15.8. The molecule has 0 aliphatic carbocycles. The zero-order valence-electron chi connectivity index (χ0n) is 14.0. The number of nitrogens with zero attached hydrogens (tertiary/aromatic N) is 2. The fraction of sp³-hybridized carbons (Fsp3) is 0.941. The molecule has 0 aromatic carbocycles. The highest BCUT2D eigenvalue weighted by Crippen LogP contribution is 2.36. The lowest BCUT2D eigenvalue weighted by atomic mass is 9.73. The standard InChI is InChI=1S/C17H32N2O/c1-13(2)15-6-8-18(9-7-15)12-17(4,5)16-10-19(11-16)14(3)20/h13,15-16H,6-12H2,1-5H3. The van der Waals surface area contributed by atoms with Gasteiger partial charge in [-0.15, -0.1) is 0 Å². The quantitative estimate of drug-likeness (QED) is 0.790. The van der Waals surface area contributed by atoms with Gasteiger partial charge in [-0.05, 0) is 43.2 Å². The van der Waals surface area contributed by atoms with Gasteiger partial charge < -0.3 is 9.80 Å². The summed E-state index contributed by atoms with van der Waals surface area (Å²) >= 11 is 0. The molecule has 0 N–H and O–H groups in total. The van der Waals surface area contributed by atoms with Crippen LogP contribution in [-0.2, 0) is 4.79 Å². The van der Waals surface area contributed by atoms with Crippen molar-refractivity contribution < 1.29 is 4.79 Å². The van der Waals surface area contributed by atoms with Crippen molar-refractivity contribution in [2.24, 2.45) is 23.2 Å². The van der Waals surface area contributed by atoms with Crippen LogP contribution in [0.5, 0.6) is 0 Å². The van der Waals surface area contributed by atoms with Gasteiger partial charge in [0.25, 0.3) is 0 Å². The number of rotatable bonds is 4. The van der Waals surface area contributed by atoms with Crippen LogP contribution < -0.4 is 0 Å². The van der Waals surface area contributed by atoms with E-state index >= 15 is 0 Å². The number of amides is 1. The van der Waals surface area contributed by atoms with Crippen molar-refractivity contribution in [2.75, 3.05) is 32.7 Å². The fourth-order valence-corrected chi connectivity index (χ4v) is 3.71. The van der Waals surface area contributed by atoms with Crippen LogP contribution in [0.25, 0.3) is 0 Å². The molecule has 2 rings (SSSR count). The highest BCUT2D eigenvalue weighted by molar-refractivity contribution is 5.74. The summed E-state index contributed by atoms with van der Waals surface area (Å²) in [5.41, 5.74) is 0.330. The SMILES string of the molecule is CC(=O)N1CC(C(C)(C)CN2CCC(C(C)C)CC2)C1. The average Bonchev–Trinajstić information content (AvgIpc) is 2.25. The van der Waals surface area contributed by atoms with Gasteiger partial charge in [0.15, 0.2) is 0 Å². The van der Waals surface area contributed by atoms with Crippen LogP contribution >= 0.6 is 0 Å². The molecule has 3 nitrogen and oxygen atoms in total. The number of hydrogen-bond acceptors (Lipinski definition) is 2. The van der Waals surface area contributed by atoms with Crippen LogP contribution in [0.1, 0.15) is 47.5 Å². The van der Waals surface area contributed by atoms with Gasteiger partial charge in [-0.3, -0.25) is 4.79 Å². The molecule has 3 heteroatoms. The largest absolute Gasteiger partial charge is 0.342 e. The lowest BCUT2D eigenvalue weighted by Gasteiger charge is -2.49. The first-order valence-electron chi connectivity index (χ1n) is 8.27. The van der Waals surface area contributed by atoms with Crippen LogP contribution in [-0.4, -0.2) is 48.4 Å². The Balaban J connectivity index is 1.77. The molecule has 20 heavy (non-hydrogen) atoms. The van der Waals surface area contributed by atoms with Crippen LogP contribution in [0, 0.1) is 23.2 Å². The second kappa shape index (κ2) is 6.05. The Morgan fingerprint density at radius 3 is 2.20 bits per heavy atom. The minimum Gasteiger partial charge on any atom is -0.342 e. The molecule has 116 valence electrons. The maximum absolute atomic E-state index is 11.3. The Hall–Kier alpha value is -0.570. The van der Waals surface area contributed by atoms with Crippen molar-refractivity contribution in [1.82, 2.24) is 9.80 Å². The van der Waals surface area contributed by atoms with Crippen molar-refractivity contribution in [3.63, 3.8) is 0 Å². The third kappa shape index (κ3) is 3.55. The summed E-state index contributed by atoms with van der Waals surface area (Å²) in [7, 11) is 0. The second-order valence-electron chi connectivity index (χ2n) is 7.97. The van der Waals surface area contributed by atoms with E-state index in [1.165, 1.54) is 32.5 Å². The van der Waals surface area contributed by atoms with E-state index in [2.05, 4.69) is 32.6 Å². The summed E-state index contributed by atoms with van der Waals surface area (Å²) in [6.45, 7) is 16.8. The third-order valence-electron chi connectivity index (χ3n) is 5.64. The zero-order valence-corrected chi connectivity index (χ0v) is 14.0. The number of carbonyl (C=O) groups is 1. The minimum absolute atomic E-state index is 0.231. The van der Waals surface area contributed by atoms with E-state index < -0.39 is 0 Å². The zero-order chi connectivity index (χ0) is 14.9. The summed E-state index contributed by atoms with van der Waals surface area (Å²) in [6, 6.07) is 0. The number of likely N-dealkylation sites (tertiary alicyclic amines) is 2. The Morgan fingerprint density at radius 1 is 1.20 bits per heavy atom. The molecular weight excluding hydrogens is 248 g/mol. The molecule has 0 spiro atoms. The van der Waals surface area contributed by atoms with Crippen molar-refractivity contribution in [2.45, 2.75) is 47.5 Å². The van der Waals surface area contributed by atoms with Gasteiger partial charge in [-0.2, -0.15) is 0 Å². The molecule has 2 heterocycles. The lowest BCUT2D eigenvalue weighted by molar-refractivity contribution is -0.138. The normalized spacial score (nSPS) is 23.2. The Morgan fingerprint density at radius 2 is 1.75 bits per heavy atom. The van der Waals surface area contributed by atoms with E-state index in [9.17, 15) is 4.79 Å². The van der Waals surface area contributed by atoms with Crippen molar-refractivity contribution >= 4 is 5.91 Å². The van der Waals surface area contributed by atoms with E-state index in [1.807, 2.05) is 4.90 Å². The van der Waals surface area contributed by atoms with Crippen LogP contribution in [0.4, 0.5) is 0 Å². The number of piperidine rings is 1. The monoisotopic (exact) mass is 280 g/mol. The van der Waals surface area contributed by atoms with E-state index in [4.69, 9.17) is 0 Å². The number of carbonyl (C=O) groups excluding carboxylic acids is 1. The fourth-order valence-electron chi connectivity index (χ4n) is 3.71. The molecule has 0 aromatic rings. The molecule has 2 saturated heterocycles. The second-order valence-corrected chi connectivity index (χ2v) is 7.97. The Kier molecular flexibility index (Phi) is 4.78. The van der Waals surface area contributed by atoms with Gasteiger partial charge in [0.2, 0.25) is 5.91 Å². The molecule has 0 atom stereocenters. The van der Waals surface area contributed by atoms with Crippen LogP contribution in [0.15, 0.2) is 0 Å². The van der Waals surface area contributed by atoms with Crippen LogP contribution in [0.3, 0.4) is 0 Å². The highest BCUT2D eigenvalue weighted by Gasteiger charge is 2.41. The predicted octanol–water partition coefficient (Wildman–Crippen LogP) is 2.86. The number of hydrogen-bond donors (Lipinski definition) is 0. The Labute approximate surface area is 124 Å². The molecule has 0 aromatic heterocycles. The van der Waals surface area contributed by atoms with Crippen molar-refractivity contribution in [3.8, 4) is 0 Å². The first-order valence-corrected chi connectivity index (χ1v) is 8.27. The topological polar surface area (TPSA) is 23.6 Å². The van der Waals surface area contributed by atoms with E-state index in [0.29, 0.717) is 11.3 Å². The summed E-state index contributed by atoms with van der Waals surface area (Å²) in [6.07, 6.45) is 2.72. The van der Waals surface area contributed by atoms with Crippen LogP contribution in [0.2, 0.25) is 0 Å². The molecule has 2 fully saturated rings. The third-order valence-corrected chi connectivity index (χ3v) is 5.64. The Bertz CT molecular complexity index is 337. The summed E-state index contributed by atoms with van der Waals surface area (Å²) in [4.78, 5) is 15.9. The van der Waals surface area contributed by atoms with Crippen molar-refractivity contribution in [3.05, 3.63) is 0 Å². The van der Waals surface area contributed by atoms with Gasteiger partial charge in [0.05, 0.1) is 0 Å². The average molecular weight is 280 g/mol. The maximum atomic E-state index is 11.3. The van der Waals surface area contributed by atoms with E-state index in [1.54, 1.807) is 6.92 Å². The van der Waals surface area contributed by atoms with Gasteiger partial charge in [-0.25, -0.2) is 0 Å². The molecule has 2 aliphatic rings. The predicted molar refractivity (Wildman–Crippen MR) is 83.5 cm³/mol. The van der Waals surface area contributed by atoms with Gasteiger partial charge in [0, 0.05) is 32.5 Å².